The number of ketones is 1. The van der Waals surface area contributed by atoms with Crippen molar-refractivity contribution in [1.82, 2.24) is 0 Å². The smallest absolute Gasteiger partial charge is 0.305 e. The van der Waals surface area contributed by atoms with Gasteiger partial charge in [-0.05, 0) is 67.8 Å². The molecule has 0 radical (unpaired) electrons. The van der Waals surface area contributed by atoms with Crippen molar-refractivity contribution >= 4 is 11.8 Å². The maximum Gasteiger partial charge on any atom is 0.305 e. The van der Waals surface area contributed by atoms with Gasteiger partial charge in [0, 0.05) is 18.3 Å². The zero-order valence-corrected chi connectivity index (χ0v) is 16.0. The number of carbonyl (C=O) groups excluding carboxylic acids is 2. The second-order valence-electron chi connectivity index (χ2n) is 9.46. The SMILES string of the molecule is CCC(=O)O[C@H]1CC(=O)C=C2CC[C@H]3[C@@H]4CCC[C@@]4(C)CC[C@@H]3[C@]21C. The van der Waals surface area contributed by atoms with Gasteiger partial charge in [0.15, 0.2) is 5.78 Å². The van der Waals surface area contributed by atoms with E-state index in [4.69, 9.17) is 4.74 Å². The van der Waals surface area contributed by atoms with E-state index in [-0.39, 0.29) is 23.3 Å². The summed E-state index contributed by atoms with van der Waals surface area (Å²) in [4.78, 5) is 24.3. The highest BCUT2D eigenvalue weighted by molar-refractivity contribution is 5.92. The Bertz CT molecular complexity index is 621. The maximum absolute atomic E-state index is 12.3. The molecule has 0 amide bonds. The van der Waals surface area contributed by atoms with Crippen molar-refractivity contribution in [2.45, 2.75) is 84.7 Å². The van der Waals surface area contributed by atoms with Crippen LogP contribution >= 0.6 is 0 Å². The van der Waals surface area contributed by atoms with Crippen LogP contribution in [0.5, 0.6) is 0 Å². The van der Waals surface area contributed by atoms with Crippen molar-refractivity contribution in [1.29, 1.82) is 0 Å². The number of rotatable bonds is 2. The van der Waals surface area contributed by atoms with Gasteiger partial charge in [0.05, 0.1) is 0 Å². The van der Waals surface area contributed by atoms with Gasteiger partial charge >= 0.3 is 5.97 Å². The van der Waals surface area contributed by atoms with Gasteiger partial charge in [-0.25, -0.2) is 0 Å². The first-order valence-corrected chi connectivity index (χ1v) is 10.3. The third-order valence-corrected chi connectivity index (χ3v) is 8.38. The van der Waals surface area contributed by atoms with Gasteiger partial charge in [-0.3, -0.25) is 9.59 Å². The van der Waals surface area contributed by atoms with Crippen LogP contribution in [0.4, 0.5) is 0 Å². The summed E-state index contributed by atoms with van der Waals surface area (Å²) in [6, 6.07) is 0. The molecule has 0 heterocycles. The third kappa shape index (κ3) is 2.52. The van der Waals surface area contributed by atoms with Gasteiger partial charge in [0.25, 0.3) is 0 Å². The predicted molar refractivity (Wildman–Crippen MR) is 96.9 cm³/mol. The molecule has 0 N–H and O–H groups in total. The van der Waals surface area contributed by atoms with E-state index in [1.807, 2.05) is 13.0 Å². The number of hydrogen-bond acceptors (Lipinski definition) is 3. The van der Waals surface area contributed by atoms with Gasteiger partial charge in [0.1, 0.15) is 6.10 Å². The number of esters is 1. The Hall–Kier alpha value is -1.12. The highest BCUT2D eigenvalue weighted by Gasteiger charge is 2.59. The van der Waals surface area contributed by atoms with Gasteiger partial charge in [0.2, 0.25) is 0 Å². The van der Waals surface area contributed by atoms with Crippen LogP contribution in [0.1, 0.15) is 78.6 Å². The van der Waals surface area contributed by atoms with Crippen LogP contribution in [0.3, 0.4) is 0 Å². The van der Waals surface area contributed by atoms with Crippen LogP contribution in [0.25, 0.3) is 0 Å². The van der Waals surface area contributed by atoms with Crippen LogP contribution in [-0.4, -0.2) is 17.9 Å². The molecule has 3 fully saturated rings. The van der Waals surface area contributed by atoms with Gasteiger partial charge in [-0.2, -0.15) is 0 Å². The highest BCUT2D eigenvalue weighted by atomic mass is 16.5. The minimum absolute atomic E-state index is 0.133. The molecule has 0 aromatic rings. The molecule has 6 atom stereocenters. The fourth-order valence-corrected chi connectivity index (χ4v) is 6.98. The lowest BCUT2D eigenvalue weighted by Gasteiger charge is -2.58. The molecule has 3 heteroatoms. The molecule has 3 saturated carbocycles. The van der Waals surface area contributed by atoms with E-state index in [1.54, 1.807) is 0 Å². The molecule has 0 aromatic heterocycles. The molecule has 0 aliphatic heterocycles. The van der Waals surface area contributed by atoms with E-state index in [0.717, 1.165) is 18.3 Å². The standard InChI is InChI=1S/C22H32O3/c1-4-20(24)25-19-13-15(23)12-14-7-8-16-17-6-5-10-21(17,2)11-9-18(16)22(14,19)3/h12,16-19H,4-11,13H2,1-3H3/t16-,17-,18-,19-,21-,22-/m0/s1. The monoisotopic (exact) mass is 344 g/mol. The maximum atomic E-state index is 12.3. The average molecular weight is 344 g/mol. The van der Waals surface area contributed by atoms with Crippen molar-refractivity contribution < 1.29 is 14.3 Å². The molecule has 4 aliphatic rings. The number of hydrogen-bond donors (Lipinski definition) is 0. The zero-order chi connectivity index (χ0) is 17.8. The summed E-state index contributed by atoms with van der Waals surface area (Å²) >= 11 is 0. The van der Waals surface area contributed by atoms with Crippen molar-refractivity contribution in [3.8, 4) is 0 Å². The van der Waals surface area contributed by atoms with Crippen molar-refractivity contribution in [3.63, 3.8) is 0 Å². The Labute approximate surface area is 151 Å². The number of ether oxygens (including phenoxy) is 1. The molecule has 0 saturated heterocycles. The summed E-state index contributed by atoms with van der Waals surface area (Å²) in [5.74, 6) is 2.10. The molecular weight excluding hydrogens is 312 g/mol. The molecule has 3 nitrogen and oxygen atoms in total. The molecule has 25 heavy (non-hydrogen) atoms. The summed E-state index contributed by atoms with van der Waals surface area (Å²) in [6.07, 6.45) is 11.3. The summed E-state index contributed by atoms with van der Waals surface area (Å²) in [5.41, 5.74) is 1.66. The van der Waals surface area contributed by atoms with Crippen LogP contribution in [-0.2, 0) is 14.3 Å². The first-order valence-electron chi connectivity index (χ1n) is 10.3. The van der Waals surface area contributed by atoms with E-state index in [2.05, 4.69) is 13.8 Å². The minimum Gasteiger partial charge on any atom is -0.461 e. The number of fused-ring (bicyclic) bond motifs is 5. The summed E-state index contributed by atoms with van der Waals surface area (Å²) in [7, 11) is 0. The Balaban J connectivity index is 1.70. The van der Waals surface area contributed by atoms with E-state index in [0.29, 0.717) is 24.2 Å². The Morgan fingerprint density at radius 1 is 1.20 bits per heavy atom. The normalized spacial score (nSPS) is 45.9. The van der Waals surface area contributed by atoms with E-state index in [1.165, 1.54) is 44.1 Å². The first-order chi connectivity index (χ1) is 11.9. The lowest BCUT2D eigenvalue weighted by molar-refractivity contribution is -0.165. The zero-order valence-electron chi connectivity index (χ0n) is 16.0. The third-order valence-electron chi connectivity index (χ3n) is 8.38. The predicted octanol–water partition coefficient (Wildman–Crippen LogP) is 4.84. The van der Waals surface area contributed by atoms with Crippen molar-refractivity contribution in [3.05, 3.63) is 11.6 Å². The minimum atomic E-state index is -0.258. The summed E-state index contributed by atoms with van der Waals surface area (Å²) in [6.45, 7) is 6.64. The Morgan fingerprint density at radius 2 is 2.00 bits per heavy atom. The topological polar surface area (TPSA) is 43.4 Å². The van der Waals surface area contributed by atoms with E-state index >= 15 is 0 Å². The molecule has 0 aromatic carbocycles. The quantitative estimate of drug-likeness (QED) is 0.673. The molecule has 0 unspecified atom stereocenters. The Kier molecular flexibility index (Phi) is 4.12. The molecule has 4 aliphatic carbocycles. The summed E-state index contributed by atoms with van der Waals surface area (Å²) < 4.78 is 5.87. The average Bonchev–Trinajstić information content (AvgIpc) is 2.97. The molecule has 138 valence electrons. The first kappa shape index (κ1) is 17.3. The lowest BCUT2D eigenvalue weighted by Crippen LogP contribution is -2.55. The fraction of sp³-hybridized carbons (Fsp3) is 0.818. The van der Waals surface area contributed by atoms with Crippen LogP contribution in [0.15, 0.2) is 11.6 Å². The second kappa shape index (κ2) is 5.96. The van der Waals surface area contributed by atoms with E-state index < -0.39 is 0 Å². The highest BCUT2D eigenvalue weighted by Crippen LogP contribution is 2.65. The van der Waals surface area contributed by atoms with Crippen molar-refractivity contribution in [2.24, 2.45) is 28.6 Å². The molecule has 0 bridgehead atoms. The second-order valence-corrected chi connectivity index (χ2v) is 9.46. The molecule has 4 rings (SSSR count). The van der Waals surface area contributed by atoms with Crippen LogP contribution < -0.4 is 0 Å². The van der Waals surface area contributed by atoms with Gasteiger partial charge < -0.3 is 4.74 Å². The fourth-order valence-electron chi connectivity index (χ4n) is 6.98. The summed E-state index contributed by atoms with van der Waals surface area (Å²) in [5, 5.41) is 0. The van der Waals surface area contributed by atoms with Crippen molar-refractivity contribution in [2.75, 3.05) is 0 Å². The molecule has 0 spiro atoms. The van der Waals surface area contributed by atoms with Gasteiger partial charge in [-0.15, -0.1) is 0 Å². The molecular formula is C22H32O3. The number of carbonyl (C=O) groups is 2. The van der Waals surface area contributed by atoms with Crippen LogP contribution in [0.2, 0.25) is 0 Å². The lowest BCUT2D eigenvalue weighted by atomic mass is 9.47. The van der Waals surface area contributed by atoms with Gasteiger partial charge in [-0.1, -0.05) is 32.8 Å². The largest absolute Gasteiger partial charge is 0.461 e. The Morgan fingerprint density at radius 3 is 2.76 bits per heavy atom. The van der Waals surface area contributed by atoms with Crippen LogP contribution in [0, 0.1) is 28.6 Å². The van der Waals surface area contributed by atoms with E-state index in [9.17, 15) is 9.59 Å².